The largest absolute Gasteiger partial charge is 0.466 e. The summed E-state index contributed by atoms with van der Waals surface area (Å²) < 4.78 is 5.53. The highest BCUT2D eigenvalue weighted by Crippen LogP contribution is 2.27. The van der Waals surface area contributed by atoms with Crippen molar-refractivity contribution in [1.29, 1.82) is 0 Å². The van der Waals surface area contributed by atoms with Crippen molar-refractivity contribution in [2.24, 2.45) is 5.92 Å². The van der Waals surface area contributed by atoms with E-state index in [9.17, 15) is 9.90 Å². The molecule has 1 amide bonds. The quantitative estimate of drug-likeness (QED) is 0.925. The molecule has 2 rings (SSSR count). The highest BCUT2D eigenvalue weighted by molar-refractivity contribution is 5.96. The Bertz CT molecular complexity index is 492. The molecule has 20 heavy (non-hydrogen) atoms. The monoisotopic (exact) mass is 279 g/mol. The Balaban J connectivity index is 2.08. The van der Waals surface area contributed by atoms with E-state index < -0.39 is 0 Å². The van der Waals surface area contributed by atoms with Crippen molar-refractivity contribution in [2.45, 2.75) is 52.6 Å². The SMILES string of the molecule is Cc1oc(C)c(C(=O)N(C)CC2CCCCC2O)c1C. The van der Waals surface area contributed by atoms with Crippen LogP contribution in [0.5, 0.6) is 0 Å². The maximum atomic E-state index is 12.6. The van der Waals surface area contributed by atoms with Crippen molar-refractivity contribution in [3.05, 3.63) is 22.6 Å². The van der Waals surface area contributed by atoms with Crippen LogP contribution in [0.2, 0.25) is 0 Å². The number of hydrogen-bond donors (Lipinski definition) is 1. The molecule has 1 saturated carbocycles. The Morgan fingerprint density at radius 3 is 2.45 bits per heavy atom. The minimum Gasteiger partial charge on any atom is -0.466 e. The zero-order valence-electron chi connectivity index (χ0n) is 12.9. The number of amides is 1. The Morgan fingerprint density at radius 1 is 1.25 bits per heavy atom. The van der Waals surface area contributed by atoms with Gasteiger partial charge < -0.3 is 14.4 Å². The lowest BCUT2D eigenvalue weighted by Gasteiger charge is -2.31. The molecule has 0 aliphatic heterocycles. The first-order valence-electron chi connectivity index (χ1n) is 7.42. The molecular formula is C16H25NO3. The zero-order valence-corrected chi connectivity index (χ0v) is 12.9. The standard InChI is InChI=1S/C16H25NO3/c1-10-11(2)20-12(3)15(10)16(19)17(4)9-13-7-5-6-8-14(13)18/h13-14,18H,5-9H2,1-4H3. The molecule has 1 aliphatic carbocycles. The van der Waals surface area contributed by atoms with Gasteiger partial charge in [0.25, 0.3) is 5.91 Å². The normalized spacial score (nSPS) is 22.9. The summed E-state index contributed by atoms with van der Waals surface area (Å²) in [7, 11) is 1.81. The highest BCUT2D eigenvalue weighted by atomic mass is 16.3. The van der Waals surface area contributed by atoms with E-state index in [1.54, 1.807) is 4.90 Å². The van der Waals surface area contributed by atoms with Crippen LogP contribution in [0.25, 0.3) is 0 Å². The molecule has 2 unspecified atom stereocenters. The van der Waals surface area contributed by atoms with E-state index >= 15 is 0 Å². The molecule has 1 aromatic rings. The van der Waals surface area contributed by atoms with Gasteiger partial charge in [0.05, 0.1) is 11.7 Å². The summed E-state index contributed by atoms with van der Waals surface area (Å²) in [6.45, 7) is 6.24. The molecule has 0 radical (unpaired) electrons. The molecule has 0 saturated heterocycles. The van der Waals surface area contributed by atoms with Gasteiger partial charge in [-0.15, -0.1) is 0 Å². The number of hydrogen-bond acceptors (Lipinski definition) is 3. The van der Waals surface area contributed by atoms with Crippen LogP contribution >= 0.6 is 0 Å². The Labute approximate surface area is 120 Å². The number of aliphatic hydroxyl groups is 1. The molecule has 2 atom stereocenters. The third-order valence-electron chi connectivity index (χ3n) is 4.50. The number of carbonyl (C=O) groups excluding carboxylic acids is 1. The minimum atomic E-state index is -0.271. The molecule has 1 aromatic heterocycles. The maximum absolute atomic E-state index is 12.6. The van der Waals surface area contributed by atoms with Gasteiger partial charge in [0, 0.05) is 25.1 Å². The third-order valence-corrected chi connectivity index (χ3v) is 4.50. The second-order valence-corrected chi connectivity index (χ2v) is 6.01. The van der Waals surface area contributed by atoms with Crippen molar-refractivity contribution >= 4 is 5.91 Å². The van der Waals surface area contributed by atoms with E-state index in [2.05, 4.69) is 0 Å². The van der Waals surface area contributed by atoms with Crippen LogP contribution in [-0.2, 0) is 0 Å². The van der Waals surface area contributed by atoms with Gasteiger partial charge in [0.2, 0.25) is 0 Å². The van der Waals surface area contributed by atoms with Gasteiger partial charge in [-0.2, -0.15) is 0 Å². The first-order valence-corrected chi connectivity index (χ1v) is 7.42. The van der Waals surface area contributed by atoms with E-state index in [1.165, 1.54) is 0 Å². The summed E-state index contributed by atoms with van der Waals surface area (Å²) >= 11 is 0. The van der Waals surface area contributed by atoms with Crippen LogP contribution in [0, 0.1) is 26.7 Å². The van der Waals surface area contributed by atoms with Gasteiger partial charge in [-0.1, -0.05) is 12.8 Å². The summed E-state index contributed by atoms with van der Waals surface area (Å²) in [6.07, 6.45) is 3.82. The molecule has 4 heteroatoms. The van der Waals surface area contributed by atoms with E-state index in [-0.39, 0.29) is 17.9 Å². The number of aliphatic hydroxyl groups excluding tert-OH is 1. The predicted octanol–water partition coefficient (Wildman–Crippen LogP) is 2.83. The molecular weight excluding hydrogens is 254 g/mol. The number of furan rings is 1. The first kappa shape index (κ1) is 15.1. The van der Waals surface area contributed by atoms with Gasteiger partial charge >= 0.3 is 0 Å². The fourth-order valence-electron chi connectivity index (χ4n) is 3.13. The predicted molar refractivity (Wildman–Crippen MR) is 77.8 cm³/mol. The molecule has 0 spiro atoms. The third kappa shape index (κ3) is 2.90. The van der Waals surface area contributed by atoms with Crippen LogP contribution in [0.15, 0.2) is 4.42 Å². The van der Waals surface area contributed by atoms with Crippen molar-refractivity contribution in [3.63, 3.8) is 0 Å². The topological polar surface area (TPSA) is 53.7 Å². The van der Waals surface area contributed by atoms with Crippen LogP contribution < -0.4 is 0 Å². The molecule has 1 fully saturated rings. The molecule has 0 aromatic carbocycles. The van der Waals surface area contributed by atoms with Gasteiger partial charge in [0.1, 0.15) is 11.5 Å². The average molecular weight is 279 g/mol. The Kier molecular flexibility index (Phi) is 4.53. The molecule has 112 valence electrons. The zero-order chi connectivity index (χ0) is 14.9. The Hall–Kier alpha value is -1.29. The second kappa shape index (κ2) is 6.00. The lowest BCUT2D eigenvalue weighted by Crippen LogP contribution is -2.38. The van der Waals surface area contributed by atoms with Crippen molar-refractivity contribution in [2.75, 3.05) is 13.6 Å². The molecule has 1 N–H and O–H groups in total. The van der Waals surface area contributed by atoms with Crippen LogP contribution in [0.1, 0.15) is 53.1 Å². The maximum Gasteiger partial charge on any atom is 0.257 e. The second-order valence-electron chi connectivity index (χ2n) is 6.01. The molecule has 1 aliphatic rings. The lowest BCUT2D eigenvalue weighted by molar-refractivity contribution is 0.0450. The summed E-state index contributed by atoms with van der Waals surface area (Å²) in [4.78, 5) is 14.3. The van der Waals surface area contributed by atoms with Crippen LogP contribution in [0.4, 0.5) is 0 Å². The fourth-order valence-corrected chi connectivity index (χ4v) is 3.13. The summed E-state index contributed by atoms with van der Waals surface area (Å²) in [5, 5.41) is 10.0. The van der Waals surface area contributed by atoms with Crippen LogP contribution in [-0.4, -0.2) is 35.6 Å². The smallest absolute Gasteiger partial charge is 0.257 e. The Morgan fingerprint density at radius 2 is 1.90 bits per heavy atom. The van der Waals surface area contributed by atoms with E-state index in [0.29, 0.717) is 17.9 Å². The summed E-state index contributed by atoms with van der Waals surface area (Å²) in [5.41, 5.74) is 1.60. The van der Waals surface area contributed by atoms with Crippen molar-refractivity contribution < 1.29 is 14.3 Å². The van der Waals surface area contributed by atoms with Crippen LogP contribution in [0.3, 0.4) is 0 Å². The number of nitrogens with zero attached hydrogens (tertiary/aromatic N) is 1. The lowest BCUT2D eigenvalue weighted by atomic mass is 9.86. The van der Waals surface area contributed by atoms with Crippen molar-refractivity contribution in [3.8, 4) is 0 Å². The summed E-state index contributed by atoms with van der Waals surface area (Å²) in [6, 6.07) is 0. The van der Waals surface area contributed by atoms with E-state index in [4.69, 9.17) is 4.42 Å². The number of aryl methyl sites for hydroxylation is 2. The molecule has 0 bridgehead atoms. The van der Waals surface area contributed by atoms with Gasteiger partial charge in [-0.25, -0.2) is 0 Å². The van der Waals surface area contributed by atoms with Gasteiger partial charge in [-0.3, -0.25) is 4.79 Å². The fraction of sp³-hybridized carbons (Fsp3) is 0.688. The van der Waals surface area contributed by atoms with Gasteiger partial charge in [-0.05, 0) is 33.6 Å². The molecule has 1 heterocycles. The van der Waals surface area contributed by atoms with Gasteiger partial charge in [0.15, 0.2) is 0 Å². The highest BCUT2D eigenvalue weighted by Gasteiger charge is 2.28. The summed E-state index contributed by atoms with van der Waals surface area (Å²) in [5.74, 6) is 1.68. The molecule has 4 nitrogen and oxygen atoms in total. The minimum absolute atomic E-state index is 0.00498. The number of rotatable bonds is 3. The van der Waals surface area contributed by atoms with E-state index in [0.717, 1.165) is 37.0 Å². The van der Waals surface area contributed by atoms with E-state index in [1.807, 2.05) is 27.8 Å². The first-order chi connectivity index (χ1) is 9.41. The number of carbonyl (C=O) groups is 1. The average Bonchev–Trinajstić information content (AvgIpc) is 2.65. The van der Waals surface area contributed by atoms with Crippen molar-refractivity contribution in [1.82, 2.24) is 4.90 Å².